The maximum Gasteiger partial charge on any atom is 0.355 e. The summed E-state index contributed by atoms with van der Waals surface area (Å²) in [7, 11) is 0. The molecule has 7 nitrogen and oxygen atoms in total. The van der Waals surface area contributed by atoms with Crippen molar-refractivity contribution < 1.29 is 23.4 Å². The van der Waals surface area contributed by atoms with Crippen LogP contribution >= 0.6 is 0 Å². The van der Waals surface area contributed by atoms with Gasteiger partial charge in [0.05, 0.1) is 31.0 Å². The van der Waals surface area contributed by atoms with E-state index in [0.29, 0.717) is 62.6 Å². The minimum absolute atomic E-state index is 0.267. The third-order valence-corrected chi connectivity index (χ3v) is 8.61. The minimum atomic E-state index is -0.373. The number of aryl methyl sites for hydroxylation is 4. The second kappa shape index (κ2) is 12.7. The lowest BCUT2D eigenvalue weighted by Crippen LogP contribution is -2.15. The van der Waals surface area contributed by atoms with E-state index in [0.717, 1.165) is 59.2 Å². The molecule has 1 aliphatic heterocycles. The number of carbonyl (C=O) groups is 1. The van der Waals surface area contributed by atoms with Crippen molar-refractivity contribution in [3.63, 3.8) is 0 Å². The van der Waals surface area contributed by atoms with Crippen LogP contribution in [0.5, 0.6) is 5.75 Å². The fraction of sp³-hybridized carbons (Fsp3) is 0.471. The number of halogens is 1. The Morgan fingerprint density at radius 1 is 1.10 bits per heavy atom. The van der Waals surface area contributed by atoms with Gasteiger partial charge in [-0.3, -0.25) is 5.10 Å². The quantitative estimate of drug-likeness (QED) is 0.180. The Bertz CT molecular complexity index is 1590. The zero-order valence-electron chi connectivity index (χ0n) is 24.7. The third-order valence-electron chi connectivity index (χ3n) is 8.61. The first-order valence-corrected chi connectivity index (χ1v) is 15.5. The number of benzene rings is 2. The Kier molecular flexibility index (Phi) is 8.60. The standard InChI is InChI=1S/C34H40FN3O4/c1-3-27-31-28(37-36-27)21-40-19-8-7-18-38-32-25(16-17-26(35)30(31)32)24(33(38)34(39)41-4-2)14-10-20-42-29-15-9-12-22-11-5-6-13-23(22)29/h9,12,15-17H,3-8,10-11,13-14,18-21H2,1-2H3,(H,36,37). The van der Waals surface area contributed by atoms with Gasteiger partial charge in [0, 0.05) is 35.4 Å². The van der Waals surface area contributed by atoms with E-state index in [1.165, 1.54) is 30.0 Å². The van der Waals surface area contributed by atoms with E-state index < -0.39 is 0 Å². The zero-order chi connectivity index (χ0) is 29.1. The van der Waals surface area contributed by atoms with Crippen LogP contribution in [0.1, 0.15) is 84.5 Å². The second-order valence-electron chi connectivity index (χ2n) is 11.2. The van der Waals surface area contributed by atoms with Crippen molar-refractivity contribution in [2.75, 3.05) is 19.8 Å². The van der Waals surface area contributed by atoms with Gasteiger partial charge >= 0.3 is 5.97 Å². The Balaban J connectivity index is 1.42. The molecule has 0 radical (unpaired) electrons. The summed E-state index contributed by atoms with van der Waals surface area (Å²) in [5.74, 6) is 0.264. The van der Waals surface area contributed by atoms with Gasteiger partial charge in [-0.1, -0.05) is 19.1 Å². The van der Waals surface area contributed by atoms with Crippen molar-refractivity contribution in [3.8, 4) is 16.9 Å². The molecule has 1 N–H and O–H groups in total. The van der Waals surface area contributed by atoms with Gasteiger partial charge in [0.1, 0.15) is 17.3 Å². The van der Waals surface area contributed by atoms with E-state index in [4.69, 9.17) is 14.2 Å². The van der Waals surface area contributed by atoms with Crippen LogP contribution in [-0.4, -0.2) is 40.6 Å². The molecule has 0 fully saturated rings. The lowest BCUT2D eigenvalue weighted by Gasteiger charge is -2.19. The van der Waals surface area contributed by atoms with Crippen LogP contribution in [0.4, 0.5) is 4.39 Å². The number of ether oxygens (including phenoxy) is 3. The summed E-state index contributed by atoms with van der Waals surface area (Å²) in [5, 5.41) is 8.50. The van der Waals surface area contributed by atoms with Crippen LogP contribution in [-0.2, 0) is 48.3 Å². The fourth-order valence-corrected chi connectivity index (χ4v) is 6.67. The van der Waals surface area contributed by atoms with Gasteiger partial charge in [-0.05, 0) is 99.6 Å². The Morgan fingerprint density at radius 3 is 2.83 bits per heavy atom. The molecule has 0 bridgehead atoms. The number of H-pyrrole nitrogens is 1. The first-order chi connectivity index (χ1) is 20.6. The summed E-state index contributed by atoms with van der Waals surface area (Å²) < 4.78 is 35.8. The number of nitrogens with zero attached hydrogens (tertiary/aromatic N) is 2. The smallest absolute Gasteiger partial charge is 0.355 e. The number of hydrogen-bond donors (Lipinski definition) is 1. The fourth-order valence-electron chi connectivity index (χ4n) is 6.67. The summed E-state index contributed by atoms with van der Waals surface area (Å²) in [6.07, 6.45) is 8.18. The lowest BCUT2D eigenvalue weighted by molar-refractivity contribution is 0.0512. The summed E-state index contributed by atoms with van der Waals surface area (Å²) in [4.78, 5) is 13.6. The predicted molar refractivity (Wildman–Crippen MR) is 161 cm³/mol. The molecular formula is C34H40FN3O4. The molecule has 8 heteroatoms. The van der Waals surface area contributed by atoms with Gasteiger partial charge in [0.2, 0.25) is 0 Å². The molecule has 1 aliphatic carbocycles. The van der Waals surface area contributed by atoms with E-state index in [-0.39, 0.29) is 18.4 Å². The summed E-state index contributed by atoms with van der Waals surface area (Å²) in [5.41, 5.74) is 7.61. The summed E-state index contributed by atoms with van der Waals surface area (Å²) in [6, 6.07) is 9.69. The molecule has 2 aromatic carbocycles. The number of esters is 1. The monoisotopic (exact) mass is 573 g/mol. The molecule has 0 unspecified atom stereocenters. The average Bonchev–Trinajstić information content (AvgIpc) is 3.54. The number of aromatic nitrogens is 3. The number of nitrogens with one attached hydrogen (secondary N) is 1. The van der Waals surface area contributed by atoms with Crippen LogP contribution < -0.4 is 4.74 Å². The SMILES string of the molecule is CCOC(=O)c1c(CCCOc2cccc3c2CCCC3)c2ccc(F)c3c2n1CCCCOCc1n[nH]c(CC)c1-3. The van der Waals surface area contributed by atoms with E-state index in [9.17, 15) is 4.79 Å². The number of fused-ring (bicyclic) bond motifs is 3. The van der Waals surface area contributed by atoms with Gasteiger partial charge in [-0.2, -0.15) is 5.10 Å². The number of carbonyl (C=O) groups excluding carboxylic acids is 1. The highest BCUT2D eigenvalue weighted by Gasteiger charge is 2.29. The van der Waals surface area contributed by atoms with Crippen molar-refractivity contribution in [1.82, 2.24) is 14.8 Å². The number of rotatable bonds is 8. The molecule has 2 aliphatic rings. The lowest BCUT2D eigenvalue weighted by atomic mass is 9.91. The molecule has 0 amide bonds. The molecule has 42 heavy (non-hydrogen) atoms. The molecule has 0 saturated carbocycles. The Morgan fingerprint density at radius 2 is 1.98 bits per heavy atom. The van der Waals surface area contributed by atoms with Crippen molar-refractivity contribution in [2.45, 2.75) is 84.8 Å². The van der Waals surface area contributed by atoms with Gasteiger partial charge < -0.3 is 18.8 Å². The molecule has 0 saturated heterocycles. The number of aromatic amines is 1. The van der Waals surface area contributed by atoms with E-state index in [1.807, 2.05) is 24.5 Å². The third kappa shape index (κ3) is 5.33. The molecule has 6 rings (SSSR count). The van der Waals surface area contributed by atoms with Gasteiger partial charge in [-0.15, -0.1) is 0 Å². The Hall–Kier alpha value is -3.65. The number of hydrogen-bond acceptors (Lipinski definition) is 5. The van der Waals surface area contributed by atoms with Crippen LogP contribution in [0.3, 0.4) is 0 Å². The maximum atomic E-state index is 15.9. The molecule has 4 aromatic rings. The minimum Gasteiger partial charge on any atom is -0.493 e. The van der Waals surface area contributed by atoms with Crippen molar-refractivity contribution >= 4 is 16.9 Å². The largest absolute Gasteiger partial charge is 0.493 e. The first-order valence-electron chi connectivity index (χ1n) is 15.5. The van der Waals surface area contributed by atoms with E-state index in [1.54, 1.807) is 0 Å². The highest BCUT2D eigenvalue weighted by molar-refractivity contribution is 6.05. The molecule has 0 spiro atoms. The molecule has 222 valence electrons. The highest BCUT2D eigenvalue weighted by atomic mass is 19.1. The van der Waals surface area contributed by atoms with Gasteiger partial charge in [-0.25, -0.2) is 9.18 Å². The van der Waals surface area contributed by atoms with Crippen molar-refractivity contribution in [2.24, 2.45) is 0 Å². The first kappa shape index (κ1) is 28.5. The molecular weight excluding hydrogens is 533 g/mol. The van der Waals surface area contributed by atoms with Crippen LogP contribution in [0.25, 0.3) is 22.0 Å². The van der Waals surface area contributed by atoms with E-state index >= 15 is 4.39 Å². The summed E-state index contributed by atoms with van der Waals surface area (Å²) in [6.45, 7) is 6.07. The van der Waals surface area contributed by atoms with Crippen molar-refractivity contribution in [1.29, 1.82) is 0 Å². The highest BCUT2D eigenvalue weighted by Crippen LogP contribution is 2.40. The molecule has 2 aromatic heterocycles. The predicted octanol–water partition coefficient (Wildman–Crippen LogP) is 7.11. The topological polar surface area (TPSA) is 78.4 Å². The summed E-state index contributed by atoms with van der Waals surface area (Å²) >= 11 is 0. The normalized spacial score (nSPS) is 15.1. The van der Waals surface area contributed by atoms with Gasteiger partial charge in [0.15, 0.2) is 0 Å². The maximum absolute atomic E-state index is 15.9. The van der Waals surface area contributed by atoms with Gasteiger partial charge in [0.25, 0.3) is 0 Å². The molecule has 0 atom stereocenters. The van der Waals surface area contributed by atoms with Crippen LogP contribution in [0.2, 0.25) is 0 Å². The Labute approximate surface area is 246 Å². The van der Waals surface area contributed by atoms with Crippen molar-refractivity contribution in [3.05, 3.63) is 69.9 Å². The second-order valence-corrected chi connectivity index (χ2v) is 11.2. The van der Waals surface area contributed by atoms with E-state index in [2.05, 4.69) is 28.4 Å². The molecule has 3 heterocycles. The van der Waals surface area contributed by atoms with Crippen LogP contribution in [0, 0.1) is 5.82 Å². The average molecular weight is 574 g/mol. The zero-order valence-corrected chi connectivity index (χ0v) is 24.7. The van der Waals surface area contributed by atoms with Crippen LogP contribution in [0.15, 0.2) is 30.3 Å².